The molecule has 0 amide bonds. The molecule has 0 bridgehead atoms. The quantitative estimate of drug-likeness (QED) is 0.591. The van der Waals surface area contributed by atoms with Crippen LogP contribution in [-0.2, 0) is 14.3 Å². The van der Waals surface area contributed by atoms with Gasteiger partial charge in [0.15, 0.2) is 0 Å². The van der Waals surface area contributed by atoms with Crippen LogP contribution in [0.4, 0.5) is 0 Å². The molecule has 0 N–H and O–H groups in total. The van der Waals surface area contributed by atoms with Crippen LogP contribution in [0.3, 0.4) is 0 Å². The normalized spacial score (nSPS) is 22.6. The Labute approximate surface area is 101 Å². The SMILES string of the molecule is COC(=O)CC[C@@H]1C=C[C@H](c2ccccc2)O1. The van der Waals surface area contributed by atoms with E-state index in [-0.39, 0.29) is 18.2 Å². The minimum absolute atomic E-state index is 0.0128. The van der Waals surface area contributed by atoms with Crippen molar-refractivity contribution in [1.82, 2.24) is 0 Å². The Bertz CT molecular complexity index is 397. The number of benzene rings is 1. The molecule has 17 heavy (non-hydrogen) atoms. The first-order valence-corrected chi connectivity index (χ1v) is 5.75. The average molecular weight is 232 g/mol. The molecule has 0 aromatic heterocycles. The Morgan fingerprint density at radius 3 is 2.76 bits per heavy atom. The van der Waals surface area contributed by atoms with Crippen LogP contribution < -0.4 is 0 Å². The molecule has 1 aliphatic rings. The molecule has 0 saturated heterocycles. The summed E-state index contributed by atoms with van der Waals surface area (Å²) in [5, 5.41) is 0. The van der Waals surface area contributed by atoms with Gasteiger partial charge in [0, 0.05) is 6.42 Å². The van der Waals surface area contributed by atoms with Gasteiger partial charge in [0.2, 0.25) is 0 Å². The fourth-order valence-electron chi connectivity index (χ4n) is 1.86. The predicted molar refractivity (Wildman–Crippen MR) is 64.4 cm³/mol. The second kappa shape index (κ2) is 5.64. The summed E-state index contributed by atoms with van der Waals surface area (Å²) in [7, 11) is 1.40. The van der Waals surface area contributed by atoms with Crippen molar-refractivity contribution in [1.29, 1.82) is 0 Å². The third kappa shape index (κ3) is 3.17. The van der Waals surface area contributed by atoms with Gasteiger partial charge in [-0.05, 0) is 12.0 Å². The highest BCUT2D eigenvalue weighted by Crippen LogP contribution is 2.28. The van der Waals surface area contributed by atoms with Gasteiger partial charge in [-0.1, -0.05) is 42.5 Å². The third-order valence-electron chi connectivity index (χ3n) is 2.81. The average Bonchev–Trinajstić information content (AvgIpc) is 2.86. The number of methoxy groups -OCH3 is 1. The molecule has 90 valence electrons. The van der Waals surface area contributed by atoms with E-state index in [0.29, 0.717) is 12.8 Å². The maximum absolute atomic E-state index is 11.0. The zero-order chi connectivity index (χ0) is 12.1. The van der Waals surface area contributed by atoms with E-state index in [9.17, 15) is 4.79 Å². The Kier molecular flexibility index (Phi) is 3.94. The van der Waals surface area contributed by atoms with Gasteiger partial charge in [-0.3, -0.25) is 4.79 Å². The van der Waals surface area contributed by atoms with Crippen LogP contribution in [0.15, 0.2) is 42.5 Å². The van der Waals surface area contributed by atoms with Crippen molar-refractivity contribution < 1.29 is 14.3 Å². The minimum atomic E-state index is -0.190. The van der Waals surface area contributed by atoms with Crippen LogP contribution in [0.1, 0.15) is 24.5 Å². The molecule has 0 fully saturated rings. The molecule has 2 rings (SSSR count). The summed E-state index contributed by atoms with van der Waals surface area (Å²) in [5.74, 6) is -0.190. The maximum atomic E-state index is 11.0. The largest absolute Gasteiger partial charge is 0.469 e. The van der Waals surface area contributed by atoms with Gasteiger partial charge in [0.1, 0.15) is 6.10 Å². The summed E-state index contributed by atoms with van der Waals surface area (Å²) in [4.78, 5) is 11.0. The lowest BCUT2D eigenvalue weighted by Crippen LogP contribution is -2.10. The first-order chi connectivity index (χ1) is 8.29. The molecule has 1 aromatic rings. The molecule has 1 aromatic carbocycles. The van der Waals surface area contributed by atoms with Crippen molar-refractivity contribution in [2.24, 2.45) is 0 Å². The highest BCUT2D eigenvalue weighted by molar-refractivity contribution is 5.69. The first-order valence-electron chi connectivity index (χ1n) is 5.75. The summed E-state index contributed by atoms with van der Waals surface area (Å²) in [6, 6.07) is 10.1. The van der Waals surface area contributed by atoms with E-state index in [1.807, 2.05) is 42.5 Å². The molecule has 2 atom stereocenters. The monoisotopic (exact) mass is 232 g/mol. The van der Waals surface area contributed by atoms with Crippen LogP contribution in [0.25, 0.3) is 0 Å². The first kappa shape index (κ1) is 11.9. The van der Waals surface area contributed by atoms with E-state index in [1.165, 1.54) is 7.11 Å². The zero-order valence-electron chi connectivity index (χ0n) is 9.84. The molecule has 1 aliphatic heterocycles. The second-order valence-electron chi connectivity index (χ2n) is 4.01. The molecule has 0 aliphatic carbocycles. The van der Waals surface area contributed by atoms with Gasteiger partial charge >= 0.3 is 5.97 Å². The molecular weight excluding hydrogens is 216 g/mol. The number of rotatable bonds is 4. The van der Waals surface area contributed by atoms with Crippen LogP contribution in [0, 0.1) is 0 Å². The molecule has 0 unspecified atom stereocenters. The Hall–Kier alpha value is -1.61. The predicted octanol–water partition coefficient (Wildman–Crippen LogP) is 2.64. The molecule has 3 heteroatoms. The van der Waals surface area contributed by atoms with E-state index in [2.05, 4.69) is 4.74 Å². The maximum Gasteiger partial charge on any atom is 0.305 e. The van der Waals surface area contributed by atoms with Crippen LogP contribution in [-0.4, -0.2) is 19.2 Å². The van der Waals surface area contributed by atoms with Gasteiger partial charge in [-0.15, -0.1) is 0 Å². The molecule has 0 saturated carbocycles. The van der Waals surface area contributed by atoms with Crippen LogP contribution in [0.5, 0.6) is 0 Å². The minimum Gasteiger partial charge on any atom is -0.469 e. The molecule has 0 radical (unpaired) electrons. The summed E-state index contributed by atoms with van der Waals surface area (Å²) >= 11 is 0. The molecule has 3 nitrogen and oxygen atoms in total. The number of carbonyl (C=O) groups excluding carboxylic acids is 1. The topological polar surface area (TPSA) is 35.5 Å². The fraction of sp³-hybridized carbons (Fsp3) is 0.357. The number of esters is 1. The van der Waals surface area contributed by atoms with E-state index >= 15 is 0 Å². The summed E-state index contributed by atoms with van der Waals surface area (Å²) in [6.45, 7) is 0. The lowest BCUT2D eigenvalue weighted by atomic mass is 10.1. The summed E-state index contributed by atoms with van der Waals surface area (Å²) in [6.07, 6.45) is 5.15. The summed E-state index contributed by atoms with van der Waals surface area (Å²) < 4.78 is 10.4. The van der Waals surface area contributed by atoms with Gasteiger partial charge in [-0.2, -0.15) is 0 Å². The van der Waals surface area contributed by atoms with Gasteiger partial charge < -0.3 is 9.47 Å². The lowest BCUT2D eigenvalue weighted by Gasteiger charge is -2.13. The van der Waals surface area contributed by atoms with E-state index < -0.39 is 0 Å². The Balaban J connectivity index is 1.85. The van der Waals surface area contributed by atoms with Crippen molar-refractivity contribution >= 4 is 5.97 Å². The molecule has 1 heterocycles. The molecule has 0 spiro atoms. The zero-order valence-corrected chi connectivity index (χ0v) is 9.84. The third-order valence-corrected chi connectivity index (χ3v) is 2.81. The van der Waals surface area contributed by atoms with E-state index in [0.717, 1.165) is 5.56 Å². The molecular formula is C14H16O3. The van der Waals surface area contributed by atoms with Crippen molar-refractivity contribution in [2.75, 3.05) is 7.11 Å². The number of hydrogen-bond acceptors (Lipinski definition) is 3. The van der Waals surface area contributed by atoms with Crippen molar-refractivity contribution in [2.45, 2.75) is 25.0 Å². The van der Waals surface area contributed by atoms with Crippen molar-refractivity contribution in [3.05, 3.63) is 48.0 Å². The van der Waals surface area contributed by atoms with Crippen LogP contribution in [0.2, 0.25) is 0 Å². The van der Waals surface area contributed by atoms with Crippen molar-refractivity contribution in [3.63, 3.8) is 0 Å². The Morgan fingerprint density at radius 1 is 1.29 bits per heavy atom. The van der Waals surface area contributed by atoms with Crippen molar-refractivity contribution in [3.8, 4) is 0 Å². The number of ether oxygens (including phenoxy) is 2. The fourth-order valence-corrected chi connectivity index (χ4v) is 1.86. The Morgan fingerprint density at radius 2 is 2.06 bits per heavy atom. The van der Waals surface area contributed by atoms with Crippen LogP contribution >= 0.6 is 0 Å². The highest BCUT2D eigenvalue weighted by atomic mass is 16.5. The van der Waals surface area contributed by atoms with E-state index in [1.54, 1.807) is 0 Å². The van der Waals surface area contributed by atoms with Gasteiger partial charge in [0.05, 0.1) is 13.2 Å². The van der Waals surface area contributed by atoms with Gasteiger partial charge in [-0.25, -0.2) is 0 Å². The highest BCUT2D eigenvalue weighted by Gasteiger charge is 2.20. The van der Waals surface area contributed by atoms with E-state index in [4.69, 9.17) is 4.74 Å². The van der Waals surface area contributed by atoms with Gasteiger partial charge in [0.25, 0.3) is 0 Å². The second-order valence-corrected chi connectivity index (χ2v) is 4.01. The number of hydrogen-bond donors (Lipinski definition) is 0. The number of carbonyl (C=O) groups is 1. The summed E-state index contributed by atoms with van der Waals surface area (Å²) in [5.41, 5.74) is 1.14. The smallest absolute Gasteiger partial charge is 0.305 e. The standard InChI is InChI=1S/C14H16O3/c1-16-14(15)10-8-12-7-9-13(17-12)11-5-3-2-4-6-11/h2-7,9,12-13H,8,10H2,1H3/t12-,13+/m0/s1. The lowest BCUT2D eigenvalue weighted by molar-refractivity contribution is -0.141.